The smallest absolute Gasteiger partial charge is 0.191 e. The molecular formula is C17H22FN3O. The summed E-state index contributed by atoms with van der Waals surface area (Å²) >= 11 is 0. The van der Waals surface area contributed by atoms with Crippen LogP contribution in [0.25, 0.3) is 0 Å². The average Bonchev–Trinajstić information content (AvgIpc) is 3.02. The van der Waals surface area contributed by atoms with E-state index < -0.39 is 0 Å². The lowest BCUT2D eigenvalue weighted by Crippen LogP contribution is -2.38. The van der Waals surface area contributed by atoms with E-state index in [1.54, 1.807) is 18.4 Å². The molecule has 0 fully saturated rings. The molecule has 5 heteroatoms. The van der Waals surface area contributed by atoms with Gasteiger partial charge in [0, 0.05) is 26.1 Å². The van der Waals surface area contributed by atoms with Crippen molar-refractivity contribution in [2.75, 3.05) is 19.6 Å². The van der Waals surface area contributed by atoms with Crippen LogP contribution in [0.4, 0.5) is 4.39 Å². The SMILES string of the molecule is CCNC(=NCCc1ccco1)NCCc1ccccc1F. The van der Waals surface area contributed by atoms with Crippen LogP contribution in [0.2, 0.25) is 0 Å². The normalized spacial score (nSPS) is 11.5. The van der Waals surface area contributed by atoms with Crippen LogP contribution >= 0.6 is 0 Å². The highest BCUT2D eigenvalue weighted by Gasteiger charge is 2.02. The number of hydrogen-bond acceptors (Lipinski definition) is 2. The van der Waals surface area contributed by atoms with Crippen molar-refractivity contribution in [3.63, 3.8) is 0 Å². The first kappa shape index (κ1) is 16.1. The zero-order chi connectivity index (χ0) is 15.6. The quantitative estimate of drug-likeness (QED) is 0.611. The van der Waals surface area contributed by atoms with Crippen LogP contribution in [-0.2, 0) is 12.8 Å². The molecule has 2 rings (SSSR count). The number of hydrogen-bond donors (Lipinski definition) is 2. The first-order chi connectivity index (χ1) is 10.8. The molecule has 118 valence electrons. The fourth-order valence-corrected chi connectivity index (χ4v) is 2.09. The molecule has 1 aromatic carbocycles. The van der Waals surface area contributed by atoms with E-state index in [1.165, 1.54) is 6.07 Å². The molecule has 1 aromatic heterocycles. The van der Waals surface area contributed by atoms with Crippen molar-refractivity contribution in [1.82, 2.24) is 10.6 Å². The van der Waals surface area contributed by atoms with Crippen molar-refractivity contribution in [1.29, 1.82) is 0 Å². The van der Waals surface area contributed by atoms with Crippen molar-refractivity contribution < 1.29 is 8.81 Å². The number of guanidine groups is 1. The maximum absolute atomic E-state index is 13.5. The van der Waals surface area contributed by atoms with E-state index in [2.05, 4.69) is 15.6 Å². The minimum Gasteiger partial charge on any atom is -0.469 e. The highest BCUT2D eigenvalue weighted by Crippen LogP contribution is 2.06. The average molecular weight is 303 g/mol. The van der Waals surface area contributed by atoms with Crippen LogP contribution < -0.4 is 10.6 Å². The van der Waals surface area contributed by atoms with Gasteiger partial charge in [0.1, 0.15) is 11.6 Å². The second-order valence-electron chi connectivity index (χ2n) is 4.86. The van der Waals surface area contributed by atoms with Gasteiger partial charge in [-0.2, -0.15) is 0 Å². The third kappa shape index (κ3) is 5.24. The molecule has 0 amide bonds. The molecule has 22 heavy (non-hydrogen) atoms. The Morgan fingerprint density at radius 3 is 2.73 bits per heavy atom. The molecule has 0 saturated heterocycles. The van der Waals surface area contributed by atoms with E-state index in [1.807, 2.05) is 25.1 Å². The molecule has 0 bridgehead atoms. The first-order valence-electron chi connectivity index (χ1n) is 7.57. The highest BCUT2D eigenvalue weighted by molar-refractivity contribution is 5.79. The van der Waals surface area contributed by atoms with E-state index in [-0.39, 0.29) is 5.82 Å². The van der Waals surface area contributed by atoms with Gasteiger partial charge in [0.25, 0.3) is 0 Å². The fourth-order valence-electron chi connectivity index (χ4n) is 2.09. The summed E-state index contributed by atoms with van der Waals surface area (Å²) in [5.74, 6) is 1.50. The van der Waals surface area contributed by atoms with E-state index in [0.717, 1.165) is 24.7 Å². The molecule has 1 heterocycles. The summed E-state index contributed by atoms with van der Waals surface area (Å²) in [5, 5.41) is 6.40. The van der Waals surface area contributed by atoms with E-state index in [9.17, 15) is 4.39 Å². The fraction of sp³-hybridized carbons (Fsp3) is 0.353. The van der Waals surface area contributed by atoms with Crippen LogP contribution in [-0.4, -0.2) is 25.6 Å². The van der Waals surface area contributed by atoms with Gasteiger partial charge in [0.05, 0.1) is 6.26 Å². The molecular weight excluding hydrogens is 281 g/mol. The van der Waals surface area contributed by atoms with Crippen LogP contribution in [0.5, 0.6) is 0 Å². The minimum absolute atomic E-state index is 0.163. The summed E-state index contributed by atoms with van der Waals surface area (Å²) in [4.78, 5) is 4.48. The number of nitrogens with zero attached hydrogens (tertiary/aromatic N) is 1. The Morgan fingerprint density at radius 1 is 1.14 bits per heavy atom. The van der Waals surface area contributed by atoms with Gasteiger partial charge in [0.2, 0.25) is 0 Å². The molecule has 0 aliphatic heterocycles. The third-order valence-corrected chi connectivity index (χ3v) is 3.20. The maximum Gasteiger partial charge on any atom is 0.191 e. The monoisotopic (exact) mass is 303 g/mol. The van der Waals surface area contributed by atoms with Gasteiger partial charge in [-0.25, -0.2) is 4.39 Å². The molecule has 0 saturated carbocycles. The van der Waals surface area contributed by atoms with Gasteiger partial charge in [-0.3, -0.25) is 4.99 Å². The van der Waals surface area contributed by atoms with Gasteiger partial charge in [-0.15, -0.1) is 0 Å². The summed E-state index contributed by atoms with van der Waals surface area (Å²) in [6.07, 6.45) is 3.04. The van der Waals surface area contributed by atoms with Crippen molar-refractivity contribution in [2.24, 2.45) is 4.99 Å². The minimum atomic E-state index is -0.163. The van der Waals surface area contributed by atoms with Crippen LogP contribution in [0, 0.1) is 5.82 Å². The summed E-state index contributed by atoms with van der Waals surface area (Å²) in [6, 6.07) is 10.6. The predicted octanol–water partition coefficient (Wildman–Crippen LogP) is 2.76. The Kier molecular flexibility index (Phi) is 6.48. The lowest BCUT2D eigenvalue weighted by Gasteiger charge is -2.11. The summed E-state index contributed by atoms with van der Waals surface area (Å²) in [6.45, 7) is 4.07. The number of benzene rings is 1. The Balaban J connectivity index is 1.79. The van der Waals surface area contributed by atoms with Crippen LogP contribution in [0.3, 0.4) is 0 Å². The lowest BCUT2D eigenvalue weighted by molar-refractivity contribution is 0.510. The second-order valence-corrected chi connectivity index (χ2v) is 4.86. The molecule has 2 aromatic rings. The van der Waals surface area contributed by atoms with Crippen LogP contribution in [0.1, 0.15) is 18.2 Å². The summed E-state index contributed by atoms with van der Waals surface area (Å²) < 4.78 is 18.8. The number of rotatable bonds is 7. The van der Waals surface area contributed by atoms with E-state index >= 15 is 0 Å². The molecule has 0 unspecified atom stereocenters. The summed E-state index contributed by atoms with van der Waals surface area (Å²) in [7, 11) is 0. The third-order valence-electron chi connectivity index (χ3n) is 3.20. The first-order valence-corrected chi connectivity index (χ1v) is 7.57. The molecule has 0 atom stereocenters. The van der Waals surface area contributed by atoms with Gasteiger partial charge in [-0.1, -0.05) is 18.2 Å². The second kappa shape index (κ2) is 8.87. The highest BCUT2D eigenvalue weighted by atomic mass is 19.1. The number of furan rings is 1. The topological polar surface area (TPSA) is 49.6 Å². The molecule has 4 nitrogen and oxygen atoms in total. The molecule has 0 aliphatic carbocycles. The Labute approximate surface area is 130 Å². The van der Waals surface area contributed by atoms with Crippen molar-refractivity contribution >= 4 is 5.96 Å². The largest absolute Gasteiger partial charge is 0.469 e. The molecule has 0 spiro atoms. The Hall–Kier alpha value is -2.30. The van der Waals surface area contributed by atoms with Gasteiger partial charge < -0.3 is 15.1 Å². The standard InChI is InChI=1S/C17H22FN3O/c1-2-19-17(21-12-10-15-7-5-13-22-15)20-11-9-14-6-3-4-8-16(14)18/h3-8,13H,2,9-12H2,1H3,(H2,19,20,21). The Morgan fingerprint density at radius 2 is 2.00 bits per heavy atom. The summed E-state index contributed by atoms with van der Waals surface area (Å²) in [5.41, 5.74) is 0.710. The van der Waals surface area contributed by atoms with Crippen molar-refractivity contribution in [2.45, 2.75) is 19.8 Å². The molecule has 2 N–H and O–H groups in total. The number of halogens is 1. The van der Waals surface area contributed by atoms with Crippen LogP contribution in [0.15, 0.2) is 52.1 Å². The van der Waals surface area contributed by atoms with Gasteiger partial charge >= 0.3 is 0 Å². The van der Waals surface area contributed by atoms with E-state index in [0.29, 0.717) is 25.1 Å². The molecule has 0 radical (unpaired) electrons. The van der Waals surface area contributed by atoms with Gasteiger partial charge in [0.15, 0.2) is 5.96 Å². The zero-order valence-corrected chi connectivity index (χ0v) is 12.8. The number of nitrogens with one attached hydrogen (secondary N) is 2. The number of aliphatic imine (C=N–C) groups is 1. The molecule has 0 aliphatic rings. The Bertz CT molecular complexity index is 581. The maximum atomic E-state index is 13.5. The van der Waals surface area contributed by atoms with Crippen molar-refractivity contribution in [3.8, 4) is 0 Å². The van der Waals surface area contributed by atoms with Gasteiger partial charge in [-0.05, 0) is 37.1 Å². The van der Waals surface area contributed by atoms with Crippen molar-refractivity contribution in [3.05, 3.63) is 59.8 Å². The predicted molar refractivity (Wildman–Crippen MR) is 86.5 cm³/mol. The van der Waals surface area contributed by atoms with E-state index in [4.69, 9.17) is 4.42 Å². The zero-order valence-electron chi connectivity index (χ0n) is 12.8. The lowest BCUT2D eigenvalue weighted by atomic mass is 10.1.